The lowest BCUT2D eigenvalue weighted by Crippen LogP contribution is -2.44. The third-order valence-electron chi connectivity index (χ3n) is 2.87. The lowest BCUT2D eigenvalue weighted by Gasteiger charge is -2.07. The van der Waals surface area contributed by atoms with Crippen LogP contribution in [-0.4, -0.2) is 10.8 Å². The van der Waals surface area contributed by atoms with Gasteiger partial charge in [-0.25, -0.2) is 4.57 Å². The highest BCUT2D eigenvalue weighted by Gasteiger charge is 2.15. The second-order valence-electron chi connectivity index (χ2n) is 4.39. The number of ketones is 1. The molecule has 4 nitrogen and oxygen atoms in total. The van der Waals surface area contributed by atoms with Crippen LogP contribution < -0.4 is 10.3 Å². The van der Waals surface area contributed by atoms with E-state index >= 15 is 0 Å². The summed E-state index contributed by atoms with van der Waals surface area (Å²) in [6.45, 7) is 3.87. The topological polar surface area (TPSA) is 59.9 Å². The van der Waals surface area contributed by atoms with Gasteiger partial charge in [-0.15, -0.1) is 4.98 Å². The fourth-order valence-corrected chi connectivity index (χ4v) is 2.03. The van der Waals surface area contributed by atoms with Crippen LogP contribution in [0.15, 0.2) is 30.3 Å². The molecule has 0 saturated carbocycles. The molecule has 1 aromatic heterocycles. The van der Waals surface area contributed by atoms with E-state index < -0.39 is 0 Å². The van der Waals surface area contributed by atoms with E-state index in [4.69, 9.17) is 17.3 Å². The molecule has 0 atom stereocenters. The number of halogens is 1. The first-order chi connectivity index (χ1) is 8.97. The van der Waals surface area contributed by atoms with Crippen molar-refractivity contribution in [1.82, 2.24) is 4.98 Å². The number of hydrogen-bond donors (Lipinski definition) is 1. The molecule has 0 radical (unpaired) electrons. The summed E-state index contributed by atoms with van der Waals surface area (Å²) in [6, 6.07) is 8.56. The standard InChI is InChI=1S/C14H14ClN3O/c1-9-7-14(16)18(10(2)17-9)8-13(19)11-3-5-12(15)6-4-11/h3-7,16H,8H2,1-2H3/p+1. The molecule has 0 fully saturated rings. The van der Waals surface area contributed by atoms with Crippen LogP contribution in [0.25, 0.3) is 0 Å². The Balaban J connectivity index is 2.26. The lowest BCUT2D eigenvalue weighted by atomic mass is 10.1. The van der Waals surface area contributed by atoms with E-state index in [1.54, 1.807) is 34.9 Å². The molecule has 98 valence electrons. The Hall–Kier alpha value is -1.94. The van der Waals surface area contributed by atoms with Crippen LogP contribution in [0.4, 0.5) is 5.82 Å². The van der Waals surface area contributed by atoms with Crippen molar-refractivity contribution < 1.29 is 9.36 Å². The molecule has 5 heteroatoms. The monoisotopic (exact) mass is 276 g/mol. The molecule has 0 aliphatic rings. The second kappa shape index (κ2) is 5.36. The number of nitrogen functional groups attached to an aromatic ring is 1. The molecule has 0 spiro atoms. The molecule has 2 rings (SSSR count). The van der Waals surface area contributed by atoms with Gasteiger partial charge in [-0.1, -0.05) is 11.6 Å². The van der Waals surface area contributed by atoms with Gasteiger partial charge in [0.25, 0.3) is 0 Å². The summed E-state index contributed by atoms with van der Waals surface area (Å²) in [5.41, 5.74) is 7.37. The predicted molar refractivity (Wildman–Crippen MR) is 74.1 cm³/mol. The van der Waals surface area contributed by atoms with Crippen LogP contribution in [-0.2, 0) is 6.54 Å². The van der Waals surface area contributed by atoms with Crippen LogP contribution in [0.2, 0.25) is 5.02 Å². The number of nitrogens with two attached hydrogens (primary N) is 1. The van der Waals surface area contributed by atoms with Crippen molar-refractivity contribution in [2.45, 2.75) is 20.4 Å². The molecule has 1 heterocycles. The summed E-state index contributed by atoms with van der Waals surface area (Å²) in [5.74, 6) is 1.23. The predicted octanol–water partition coefficient (Wildman–Crippen LogP) is 2.10. The summed E-state index contributed by atoms with van der Waals surface area (Å²) in [7, 11) is 0. The summed E-state index contributed by atoms with van der Waals surface area (Å²) in [4.78, 5) is 16.5. The first-order valence-corrected chi connectivity index (χ1v) is 6.27. The number of Topliss-reactive ketones (excluding diaryl/α,β-unsaturated/α-hetero) is 1. The number of benzene rings is 1. The largest absolute Gasteiger partial charge is 0.318 e. The number of anilines is 1. The highest BCUT2D eigenvalue weighted by atomic mass is 35.5. The Labute approximate surface area is 116 Å². The van der Waals surface area contributed by atoms with E-state index in [-0.39, 0.29) is 12.3 Å². The number of nitrogens with zero attached hydrogens (tertiary/aromatic N) is 2. The zero-order valence-corrected chi connectivity index (χ0v) is 11.6. The first kappa shape index (κ1) is 13.5. The average molecular weight is 277 g/mol. The molecule has 0 bridgehead atoms. The zero-order valence-electron chi connectivity index (χ0n) is 10.9. The van der Waals surface area contributed by atoms with Gasteiger partial charge in [0.1, 0.15) is 12.2 Å². The molecule has 0 unspecified atom stereocenters. The quantitative estimate of drug-likeness (QED) is 0.690. The molecule has 1 aromatic carbocycles. The minimum atomic E-state index is -0.0258. The van der Waals surface area contributed by atoms with Crippen molar-refractivity contribution in [3.63, 3.8) is 0 Å². The van der Waals surface area contributed by atoms with Crippen LogP contribution in [0.3, 0.4) is 0 Å². The van der Waals surface area contributed by atoms with Gasteiger partial charge in [-0.3, -0.25) is 4.79 Å². The van der Waals surface area contributed by atoms with Crippen LogP contribution >= 0.6 is 11.6 Å². The zero-order chi connectivity index (χ0) is 14.0. The normalized spacial score (nSPS) is 10.5. The highest BCUT2D eigenvalue weighted by Crippen LogP contribution is 2.10. The number of carbonyl (C=O) groups excluding carboxylic acids is 1. The second-order valence-corrected chi connectivity index (χ2v) is 4.82. The maximum Gasteiger partial charge on any atom is 0.235 e. The smallest absolute Gasteiger partial charge is 0.235 e. The van der Waals surface area contributed by atoms with Crippen molar-refractivity contribution in [2.75, 3.05) is 5.73 Å². The summed E-state index contributed by atoms with van der Waals surface area (Å²) >= 11 is 5.80. The maximum absolute atomic E-state index is 12.2. The maximum atomic E-state index is 12.2. The van der Waals surface area contributed by atoms with Gasteiger partial charge in [-0.2, -0.15) is 0 Å². The summed E-state index contributed by atoms with van der Waals surface area (Å²) in [6.07, 6.45) is 0. The molecular weight excluding hydrogens is 262 g/mol. The van der Waals surface area contributed by atoms with E-state index in [9.17, 15) is 4.79 Å². The molecule has 0 saturated heterocycles. The van der Waals surface area contributed by atoms with Gasteiger partial charge in [0.2, 0.25) is 11.6 Å². The fraction of sp³-hybridized carbons (Fsp3) is 0.214. The molecule has 0 aliphatic carbocycles. The molecule has 19 heavy (non-hydrogen) atoms. The van der Waals surface area contributed by atoms with Gasteiger partial charge < -0.3 is 5.73 Å². The van der Waals surface area contributed by atoms with Crippen molar-refractivity contribution in [2.24, 2.45) is 0 Å². The summed E-state index contributed by atoms with van der Waals surface area (Å²) in [5, 5.41) is 0.608. The van der Waals surface area contributed by atoms with Crippen LogP contribution in [0.5, 0.6) is 0 Å². The minimum absolute atomic E-state index is 0.0258. The highest BCUT2D eigenvalue weighted by molar-refractivity contribution is 6.30. The molecular formula is C14H15ClN3O+. The van der Waals surface area contributed by atoms with Crippen molar-refractivity contribution in [1.29, 1.82) is 0 Å². The SMILES string of the molecule is Cc1cc(N)[n+](CC(=O)c2ccc(Cl)cc2)c(C)n1. The Morgan fingerprint density at radius 3 is 2.53 bits per heavy atom. The Kier molecular flexibility index (Phi) is 3.81. The Bertz CT molecular complexity index is 600. The van der Waals surface area contributed by atoms with Gasteiger partial charge in [0.05, 0.1) is 0 Å². The van der Waals surface area contributed by atoms with E-state index in [0.29, 0.717) is 16.4 Å². The van der Waals surface area contributed by atoms with Gasteiger partial charge in [0.15, 0.2) is 5.78 Å². The molecule has 2 aromatic rings. The molecule has 0 aliphatic heterocycles. The number of carbonyl (C=O) groups is 1. The van der Waals surface area contributed by atoms with Crippen molar-refractivity contribution in [3.8, 4) is 0 Å². The lowest BCUT2D eigenvalue weighted by molar-refractivity contribution is -0.678. The van der Waals surface area contributed by atoms with E-state index in [1.165, 1.54) is 0 Å². The number of aromatic nitrogens is 2. The number of hydrogen-bond acceptors (Lipinski definition) is 3. The minimum Gasteiger partial charge on any atom is -0.318 e. The average Bonchev–Trinajstić information content (AvgIpc) is 2.34. The number of aryl methyl sites for hydroxylation is 2. The third kappa shape index (κ3) is 3.09. The molecule has 2 N–H and O–H groups in total. The summed E-state index contributed by atoms with van der Waals surface area (Å²) < 4.78 is 1.70. The van der Waals surface area contributed by atoms with Crippen LogP contribution in [0.1, 0.15) is 21.9 Å². The Morgan fingerprint density at radius 2 is 1.95 bits per heavy atom. The van der Waals surface area contributed by atoms with Crippen LogP contribution in [0, 0.1) is 13.8 Å². The van der Waals surface area contributed by atoms with E-state index in [1.807, 2.05) is 13.8 Å². The van der Waals surface area contributed by atoms with E-state index in [0.717, 1.165) is 11.5 Å². The fourth-order valence-electron chi connectivity index (χ4n) is 1.90. The van der Waals surface area contributed by atoms with Crippen molar-refractivity contribution in [3.05, 3.63) is 52.4 Å². The van der Waals surface area contributed by atoms with Gasteiger partial charge >= 0.3 is 0 Å². The third-order valence-corrected chi connectivity index (χ3v) is 3.12. The van der Waals surface area contributed by atoms with Crippen molar-refractivity contribution >= 4 is 23.2 Å². The van der Waals surface area contributed by atoms with Gasteiger partial charge in [0, 0.05) is 23.6 Å². The van der Waals surface area contributed by atoms with Gasteiger partial charge in [-0.05, 0) is 31.2 Å². The Morgan fingerprint density at radius 1 is 1.32 bits per heavy atom. The number of rotatable bonds is 3. The van der Waals surface area contributed by atoms with E-state index in [2.05, 4.69) is 4.98 Å². The molecule has 0 amide bonds. The first-order valence-electron chi connectivity index (χ1n) is 5.89.